The van der Waals surface area contributed by atoms with Crippen molar-refractivity contribution in [1.29, 1.82) is 0 Å². The van der Waals surface area contributed by atoms with Crippen molar-refractivity contribution in [3.8, 4) is 11.5 Å². The standard InChI is InChI=1S/C15H28O3.C12H16O3/c1-6-14(2,3)13(16)18-12-9-7-11(8-10-12)15(4,5)17;1-4-12(2,3)11(14)15-10-7-5-9(13)6-8-10/h11-12,17H,6-10H2,1-5H3;5-8,13H,4H2,1-3H3. The van der Waals surface area contributed by atoms with Crippen molar-refractivity contribution < 1.29 is 29.3 Å². The van der Waals surface area contributed by atoms with Gasteiger partial charge in [-0.25, -0.2) is 0 Å². The molecule has 1 aliphatic rings. The fourth-order valence-electron chi connectivity index (χ4n) is 3.25. The van der Waals surface area contributed by atoms with Crippen LogP contribution in [0.25, 0.3) is 0 Å². The van der Waals surface area contributed by atoms with E-state index in [-0.39, 0.29) is 29.2 Å². The molecule has 1 aliphatic carbocycles. The van der Waals surface area contributed by atoms with Gasteiger partial charge in [0.25, 0.3) is 0 Å². The molecule has 0 unspecified atom stereocenters. The predicted molar refractivity (Wildman–Crippen MR) is 130 cm³/mol. The highest BCUT2D eigenvalue weighted by molar-refractivity contribution is 5.78. The van der Waals surface area contributed by atoms with Gasteiger partial charge in [-0.15, -0.1) is 0 Å². The number of carbonyl (C=O) groups excluding carboxylic acids is 2. The molecule has 1 aromatic rings. The number of hydrogen-bond donors (Lipinski definition) is 2. The molecule has 0 spiro atoms. The second-order valence-electron chi connectivity index (χ2n) is 10.9. The van der Waals surface area contributed by atoms with Crippen LogP contribution in [0.15, 0.2) is 24.3 Å². The summed E-state index contributed by atoms with van der Waals surface area (Å²) >= 11 is 0. The first-order valence-corrected chi connectivity index (χ1v) is 12.1. The average Bonchev–Trinajstić information content (AvgIpc) is 2.75. The Bertz CT molecular complexity index is 750. The summed E-state index contributed by atoms with van der Waals surface area (Å²) in [7, 11) is 0. The molecule has 6 nitrogen and oxygen atoms in total. The van der Waals surface area contributed by atoms with Crippen molar-refractivity contribution in [3.05, 3.63) is 24.3 Å². The van der Waals surface area contributed by atoms with E-state index in [1.54, 1.807) is 12.1 Å². The zero-order valence-corrected chi connectivity index (χ0v) is 21.7. The first-order chi connectivity index (χ1) is 15.1. The lowest BCUT2D eigenvalue weighted by atomic mass is 9.78. The minimum atomic E-state index is -0.613. The molecule has 0 bridgehead atoms. The second kappa shape index (κ2) is 11.9. The second-order valence-corrected chi connectivity index (χ2v) is 10.9. The minimum absolute atomic E-state index is 0.0434. The van der Waals surface area contributed by atoms with Gasteiger partial charge in [0.1, 0.15) is 17.6 Å². The van der Waals surface area contributed by atoms with Crippen molar-refractivity contribution >= 4 is 11.9 Å². The molecule has 188 valence electrons. The van der Waals surface area contributed by atoms with Gasteiger partial charge in [-0.3, -0.25) is 9.59 Å². The number of esters is 2. The largest absolute Gasteiger partial charge is 0.508 e. The molecule has 2 rings (SSSR count). The van der Waals surface area contributed by atoms with Crippen molar-refractivity contribution in [2.75, 3.05) is 0 Å². The number of benzene rings is 1. The van der Waals surface area contributed by atoms with Crippen LogP contribution in [-0.2, 0) is 14.3 Å². The minimum Gasteiger partial charge on any atom is -0.508 e. The van der Waals surface area contributed by atoms with Crippen LogP contribution in [0.1, 0.15) is 93.9 Å². The van der Waals surface area contributed by atoms with Gasteiger partial charge >= 0.3 is 11.9 Å². The zero-order chi connectivity index (χ0) is 25.4. The topological polar surface area (TPSA) is 93.1 Å². The first kappa shape index (κ1) is 29.0. The molecule has 6 heteroatoms. The molecule has 1 aromatic carbocycles. The van der Waals surface area contributed by atoms with Crippen LogP contribution in [-0.4, -0.2) is 33.9 Å². The normalized spacial score (nSPS) is 19.2. The maximum Gasteiger partial charge on any atom is 0.316 e. The van der Waals surface area contributed by atoms with E-state index in [1.165, 1.54) is 12.1 Å². The Morgan fingerprint density at radius 2 is 1.30 bits per heavy atom. The van der Waals surface area contributed by atoms with Gasteiger partial charge < -0.3 is 19.7 Å². The van der Waals surface area contributed by atoms with Crippen LogP contribution in [0, 0.1) is 16.7 Å². The Morgan fingerprint density at radius 3 is 1.73 bits per heavy atom. The Kier molecular flexibility index (Phi) is 10.4. The Labute approximate surface area is 199 Å². The summed E-state index contributed by atoms with van der Waals surface area (Å²) in [5.74, 6) is 0.600. The van der Waals surface area contributed by atoms with E-state index in [0.717, 1.165) is 38.5 Å². The molecule has 0 amide bonds. The van der Waals surface area contributed by atoms with Gasteiger partial charge in [0.2, 0.25) is 0 Å². The van der Waals surface area contributed by atoms with E-state index in [1.807, 2.05) is 55.4 Å². The summed E-state index contributed by atoms with van der Waals surface area (Å²) in [4.78, 5) is 23.6. The number of rotatable bonds is 7. The summed E-state index contributed by atoms with van der Waals surface area (Å²) < 4.78 is 10.8. The molecular weight excluding hydrogens is 420 g/mol. The van der Waals surface area contributed by atoms with Gasteiger partial charge in [-0.05, 0) is 110 Å². The number of carbonyl (C=O) groups is 2. The molecule has 0 heterocycles. The number of hydrogen-bond acceptors (Lipinski definition) is 6. The third-order valence-corrected chi connectivity index (χ3v) is 6.87. The summed E-state index contributed by atoms with van der Waals surface area (Å²) in [5.41, 5.74) is -1.47. The predicted octanol–water partition coefficient (Wildman–Crippen LogP) is 6.03. The zero-order valence-electron chi connectivity index (χ0n) is 21.7. The van der Waals surface area contributed by atoms with Gasteiger partial charge in [0.15, 0.2) is 0 Å². The molecule has 0 radical (unpaired) electrons. The monoisotopic (exact) mass is 464 g/mol. The summed E-state index contributed by atoms with van der Waals surface area (Å²) in [6, 6.07) is 6.11. The van der Waals surface area contributed by atoms with E-state index in [2.05, 4.69) is 0 Å². The van der Waals surface area contributed by atoms with Gasteiger partial charge in [0.05, 0.1) is 16.4 Å². The fourth-order valence-corrected chi connectivity index (χ4v) is 3.25. The molecular formula is C27H44O6. The third-order valence-electron chi connectivity index (χ3n) is 6.87. The maximum absolute atomic E-state index is 12.0. The van der Waals surface area contributed by atoms with Crippen LogP contribution < -0.4 is 4.74 Å². The van der Waals surface area contributed by atoms with Crippen molar-refractivity contribution in [1.82, 2.24) is 0 Å². The molecule has 1 saturated carbocycles. The van der Waals surface area contributed by atoms with Crippen LogP contribution in [0.4, 0.5) is 0 Å². The smallest absolute Gasteiger partial charge is 0.316 e. The molecule has 0 saturated heterocycles. The summed E-state index contributed by atoms with van der Waals surface area (Å²) in [5, 5.41) is 19.0. The van der Waals surface area contributed by atoms with Gasteiger partial charge in [0, 0.05) is 0 Å². The lowest BCUT2D eigenvalue weighted by molar-refractivity contribution is -0.162. The average molecular weight is 465 g/mol. The Morgan fingerprint density at radius 1 is 0.848 bits per heavy atom. The van der Waals surface area contributed by atoms with Crippen molar-refractivity contribution in [3.63, 3.8) is 0 Å². The molecule has 33 heavy (non-hydrogen) atoms. The molecule has 0 atom stereocenters. The Hall–Kier alpha value is -2.08. The van der Waals surface area contributed by atoms with Crippen LogP contribution in [0.5, 0.6) is 11.5 Å². The molecule has 1 fully saturated rings. The van der Waals surface area contributed by atoms with Gasteiger partial charge in [-0.2, -0.15) is 0 Å². The van der Waals surface area contributed by atoms with Crippen LogP contribution >= 0.6 is 0 Å². The number of phenolic OH excluding ortho intramolecular Hbond substituents is 1. The lowest BCUT2D eigenvalue weighted by Crippen LogP contribution is -2.37. The Balaban J connectivity index is 0.000000335. The summed E-state index contributed by atoms with van der Waals surface area (Å²) in [6.07, 6.45) is 5.19. The summed E-state index contributed by atoms with van der Waals surface area (Å²) in [6.45, 7) is 15.2. The number of ether oxygens (including phenoxy) is 2. The van der Waals surface area contributed by atoms with E-state index in [9.17, 15) is 14.7 Å². The first-order valence-electron chi connectivity index (χ1n) is 12.1. The molecule has 0 aromatic heterocycles. The quantitative estimate of drug-likeness (QED) is 0.378. The van der Waals surface area contributed by atoms with E-state index >= 15 is 0 Å². The highest BCUT2D eigenvalue weighted by Crippen LogP contribution is 2.34. The van der Waals surface area contributed by atoms with E-state index < -0.39 is 11.0 Å². The van der Waals surface area contributed by atoms with E-state index in [4.69, 9.17) is 14.6 Å². The van der Waals surface area contributed by atoms with Gasteiger partial charge in [-0.1, -0.05) is 13.8 Å². The highest BCUT2D eigenvalue weighted by Gasteiger charge is 2.35. The van der Waals surface area contributed by atoms with Crippen molar-refractivity contribution in [2.24, 2.45) is 16.7 Å². The number of phenols is 1. The molecule has 2 N–H and O–H groups in total. The SMILES string of the molecule is CCC(C)(C)C(=O)OC1CCC(C(C)(C)O)CC1.CCC(C)(C)C(=O)Oc1ccc(O)cc1. The number of aliphatic hydroxyl groups is 1. The highest BCUT2D eigenvalue weighted by atomic mass is 16.5. The van der Waals surface area contributed by atoms with Crippen LogP contribution in [0.2, 0.25) is 0 Å². The van der Waals surface area contributed by atoms with Crippen molar-refractivity contribution in [2.45, 2.75) is 106 Å². The lowest BCUT2D eigenvalue weighted by Gasteiger charge is -2.36. The fraction of sp³-hybridized carbons (Fsp3) is 0.704. The number of aromatic hydroxyl groups is 1. The molecule has 0 aliphatic heterocycles. The van der Waals surface area contributed by atoms with E-state index in [0.29, 0.717) is 11.7 Å². The van der Waals surface area contributed by atoms with Crippen LogP contribution in [0.3, 0.4) is 0 Å². The third kappa shape index (κ3) is 9.36. The maximum atomic E-state index is 12.0.